The van der Waals surface area contributed by atoms with E-state index in [1.807, 2.05) is 0 Å². The van der Waals surface area contributed by atoms with Gasteiger partial charge in [0.25, 0.3) is 0 Å². The van der Waals surface area contributed by atoms with E-state index < -0.39 is 5.82 Å². The van der Waals surface area contributed by atoms with Gasteiger partial charge in [-0.1, -0.05) is 12.2 Å². The smallest absolute Gasteiger partial charge is 0.163 e. The van der Waals surface area contributed by atoms with Gasteiger partial charge in [0.1, 0.15) is 17.3 Å². The molecular weight excluding hydrogens is 263 g/mol. The zero-order valence-corrected chi connectivity index (χ0v) is 10.7. The van der Waals surface area contributed by atoms with Gasteiger partial charge in [-0.3, -0.25) is 0 Å². The third kappa shape index (κ3) is 3.00. The van der Waals surface area contributed by atoms with Crippen LogP contribution in [0.25, 0.3) is 12.2 Å². The Morgan fingerprint density at radius 1 is 0.950 bits per heavy atom. The second kappa shape index (κ2) is 5.52. The number of methoxy groups -OCH3 is 1. The SMILES string of the molecule is COc1cc(F)c(/C=C/c2cc(O)cc(O)c2)cc1O. The van der Waals surface area contributed by atoms with Gasteiger partial charge in [-0.25, -0.2) is 4.39 Å². The number of benzene rings is 2. The van der Waals surface area contributed by atoms with E-state index in [-0.39, 0.29) is 28.6 Å². The molecule has 0 saturated heterocycles. The minimum Gasteiger partial charge on any atom is -0.508 e. The molecule has 5 heteroatoms. The minimum absolute atomic E-state index is 0.0506. The molecule has 0 radical (unpaired) electrons. The lowest BCUT2D eigenvalue weighted by molar-refractivity contribution is 0.370. The van der Waals surface area contributed by atoms with Crippen molar-refractivity contribution in [3.05, 3.63) is 47.3 Å². The van der Waals surface area contributed by atoms with Crippen molar-refractivity contribution >= 4 is 12.2 Å². The minimum atomic E-state index is -0.555. The van der Waals surface area contributed by atoms with Crippen molar-refractivity contribution < 1.29 is 24.4 Å². The Kier molecular flexibility index (Phi) is 3.79. The maximum atomic E-state index is 13.7. The first-order valence-electron chi connectivity index (χ1n) is 5.77. The molecule has 4 nitrogen and oxygen atoms in total. The van der Waals surface area contributed by atoms with Crippen molar-refractivity contribution in [2.24, 2.45) is 0 Å². The summed E-state index contributed by atoms with van der Waals surface area (Å²) < 4.78 is 18.5. The largest absolute Gasteiger partial charge is 0.508 e. The Balaban J connectivity index is 2.34. The number of hydrogen-bond donors (Lipinski definition) is 3. The van der Waals surface area contributed by atoms with Crippen molar-refractivity contribution in [3.8, 4) is 23.0 Å². The fourth-order valence-electron chi connectivity index (χ4n) is 1.75. The van der Waals surface area contributed by atoms with Gasteiger partial charge in [0, 0.05) is 17.7 Å². The predicted molar refractivity (Wildman–Crippen MR) is 73.3 cm³/mol. The molecule has 0 heterocycles. The van der Waals surface area contributed by atoms with Crippen molar-refractivity contribution in [2.75, 3.05) is 7.11 Å². The molecule has 0 amide bonds. The van der Waals surface area contributed by atoms with Crippen LogP contribution in [0, 0.1) is 5.82 Å². The van der Waals surface area contributed by atoms with Crippen LogP contribution in [0.5, 0.6) is 23.0 Å². The maximum Gasteiger partial charge on any atom is 0.163 e. The average Bonchev–Trinajstić information content (AvgIpc) is 2.38. The van der Waals surface area contributed by atoms with E-state index in [2.05, 4.69) is 0 Å². The standard InChI is InChI=1S/C15H13FO4/c1-20-15-8-13(16)10(6-14(15)19)3-2-9-4-11(17)7-12(18)5-9/h2-8,17-19H,1H3/b3-2+. The highest BCUT2D eigenvalue weighted by molar-refractivity contribution is 5.72. The van der Waals surface area contributed by atoms with Crippen LogP contribution in [-0.4, -0.2) is 22.4 Å². The monoisotopic (exact) mass is 276 g/mol. The molecule has 0 unspecified atom stereocenters. The molecular formula is C15H13FO4. The summed E-state index contributed by atoms with van der Waals surface area (Å²) in [4.78, 5) is 0. The lowest BCUT2D eigenvalue weighted by Crippen LogP contribution is -1.88. The zero-order chi connectivity index (χ0) is 14.7. The summed E-state index contributed by atoms with van der Waals surface area (Å²) >= 11 is 0. The summed E-state index contributed by atoms with van der Waals surface area (Å²) in [5.74, 6) is -0.868. The predicted octanol–water partition coefficient (Wildman–Crippen LogP) is 3.12. The number of phenolic OH excluding ortho intramolecular Hbond substituents is 3. The molecule has 3 N–H and O–H groups in total. The number of rotatable bonds is 3. The molecule has 2 rings (SSSR count). The first kappa shape index (κ1) is 13.7. The Hall–Kier alpha value is -2.69. The van der Waals surface area contributed by atoms with E-state index in [0.717, 1.165) is 6.07 Å². The maximum absolute atomic E-state index is 13.7. The summed E-state index contributed by atoms with van der Waals surface area (Å²) in [6.07, 6.45) is 2.92. The Bertz CT molecular complexity index is 645. The number of aromatic hydroxyl groups is 3. The van der Waals surface area contributed by atoms with Crippen LogP contribution in [0.4, 0.5) is 4.39 Å². The lowest BCUT2D eigenvalue weighted by Gasteiger charge is -2.05. The van der Waals surface area contributed by atoms with Crippen molar-refractivity contribution in [1.29, 1.82) is 0 Å². The molecule has 20 heavy (non-hydrogen) atoms. The van der Waals surface area contributed by atoms with Gasteiger partial charge in [-0.2, -0.15) is 0 Å². The fraction of sp³-hybridized carbons (Fsp3) is 0.0667. The molecule has 0 aliphatic carbocycles. The fourth-order valence-corrected chi connectivity index (χ4v) is 1.75. The summed E-state index contributed by atoms with van der Waals surface area (Å²) in [5, 5.41) is 28.3. The second-order valence-corrected chi connectivity index (χ2v) is 4.16. The quantitative estimate of drug-likeness (QED) is 0.753. The van der Waals surface area contributed by atoms with E-state index in [0.29, 0.717) is 5.56 Å². The van der Waals surface area contributed by atoms with Crippen molar-refractivity contribution in [3.63, 3.8) is 0 Å². The zero-order valence-electron chi connectivity index (χ0n) is 10.7. The van der Waals surface area contributed by atoms with E-state index >= 15 is 0 Å². The summed E-state index contributed by atoms with van der Waals surface area (Å²) in [7, 11) is 1.33. The average molecular weight is 276 g/mol. The Morgan fingerprint density at radius 3 is 2.20 bits per heavy atom. The lowest BCUT2D eigenvalue weighted by atomic mass is 10.1. The van der Waals surface area contributed by atoms with Gasteiger partial charge in [0.2, 0.25) is 0 Å². The Morgan fingerprint density at radius 2 is 1.60 bits per heavy atom. The van der Waals surface area contributed by atoms with Crippen LogP contribution in [0.3, 0.4) is 0 Å². The highest BCUT2D eigenvalue weighted by Crippen LogP contribution is 2.30. The second-order valence-electron chi connectivity index (χ2n) is 4.16. The number of hydrogen-bond acceptors (Lipinski definition) is 4. The first-order valence-corrected chi connectivity index (χ1v) is 5.77. The van der Waals surface area contributed by atoms with Crippen LogP contribution >= 0.6 is 0 Å². The van der Waals surface area contributed by atoms with Crippen molar-refractivity contribution in [1.82, 2.24) is 0 Å². The van der Waals surface area contributed by atoms with Crippen LogP contribution < -0.4 is 4.74 Å². The highest BCUT2D eigenvalue weighted by Gasteiger charge is 2.07. The van der Waals surface area contributed by atoms with Crippen molar-refractivity contribution in [2.45, 2.75) is 0 Å². The normalized spacial score (nSPS) is 10.9. The topological polar surface area (TPSA) is 69.9 Å². The first-order chi connectivity index (χ1) is 9.49. The van der Waals surface area contributed by atoms with Gasteiger partial charge in [-0.15, -0.1) is 0 Å². The van der Waals surface area contributed by atoms with Crippen LogP contribution in [-0.2, 0) is 0 Å². The van der Waals surface area contributed by atoms with E-state index in [9.17, 15) is 19.7 Å². The molecule has 2 aromatic rings. The molecule has 0 atom stereocenters. The molecule has 104 valence electrons. The number of ether oxygens (including phenoxy) is 1. The molecule has 0 aliphatic heterocycles. The van der Waals surface area contributed by atoms with Gasteiger partial charge in [0.15, 0.2) is 11.5 Å². The third-order valence-corrected chi connectivity index (χ3v) is 2.68. The van der Waals surface area contributed by atoms with Gasteiger partial charge in [-0.05, 0) is 23.8 Å². The summed E-state index contributed by atoms with van der Waals surface area (Å²) in [6, 6.07) is 6.33. The van der Waals surface area contributed by atoms with Gasteiger partial charge >= 0.3 is 0 Å². The van der Waals surface area contributed by atoms with Crippen LogP contribution in [0.1, 0.15) is 11.1 Å². The molecule has 0 aliphatic rings. The molecule has 0 bridgehead atoms. The number of halogens is 1. The van der Waals surface area contributed by atoms with E-state index in [1.54, 1.807) is 0 Å². The highest BCUT2D eigenvalue weighted by atomic mass is 19.1. The van der Waals surface area contributed by atoms with Gasteiger partial charge < -0.3 is 20.1 Å². The summed E-state index contributed by atoms with van der Waals surface area (Å²) in [6.45, 7) is 0. The molecule has 0 spiro atoms. The van der Waals surface area contributed by atoms with Crippen LogP contribution in [0.15, 0.2) is 30.3 Å². The van der Waals surface area contributed by atoms with Crippen LogP contribution in [0.2, 0.25) is 0 Å². The third-order valence-electron chi connectivity index (χ3n) is 2.68. The number of phenols is 3. The molecule has 0 fully saturated rings. The molecule has 0 saturated carbocycles. The van der Waals surface area contributed by atoms with E-state index in [1.165, 1.54) is 43.5 Å². The Labute approximate surface area is 115 Å². The van der Waals surface area contributed by atoms with E-state index in [4.69, 9.17) is 4.74 Å². The summed E-state index contributed by atoms with van der Waals surface area (Å²) in [5.41, 5.74) is 0.656. The molecule has 2 aromatic carbocycles. The molecule has 0 aromatic heterocycles. The van der Waals surface area contributed by atoms with Gasteiger partial charge in [0.05, 0.1) is 7.11 Å².